The predicted molar refractivity (Wildman–Crippen MR) is 121 cm³/mol. The molecule has 2 heterocycles. The van der Waals surface area contributed by atoms with E-state index < -0.39 is 10.8 Å². The van der Waals surface area contributed by atoms with Gasteiger partial charge in [0.05, 0.1) is 28.5 Å². The Labute approximate surface area is 193 Å². The van der Waals surface area contributed by atoms with E-state index in [0.717, 1.165) is 0 Å². The first-order valence-electron chi connectivity index (χ1n) is 10.4. The molecular formula is C24H21FN4O5. The van der Waals surface area contributed by atoms with E-state index in [1.54, 1.807) is 54.9 Å². The average Bonchev–Trinajstić information content (AvgIpc) is 3.40. The van der Waals surface area contributed by atoms with E-state index in [2.05, 4.69) is 10.4 Å². The van der Waals surface area contributed by atoms with Crippen LogP contribution in [-0.2, 0) is 13.2 Å². The number of hydrogen-bond acceptors (Lipinski definition) is 6. The number of nitro groups is 1. The Hall–Kier alpha value is -4.47. The van der Waals surface area contributed by atoms with Gasteiger partial charge in [-0.3, -0.25) is 19.6 Å². The van der Waals surface area contributed by atoms with Crippen LogP contribution in [0.2, 0.25) is 0 Å². The Bertz CT molecular complexity index is 1360. The van der Waals surface area contributed by atoms with Crippen LogP contribution in [0.25, 0.3) is 0 Å². The van der Waals surface area contributed by atoms with Crippen molar-refractivity contribution in [2.24, 2.45) is 0 Å². The van der Waals surface area contributed by atoms with Crippen molar-refractivity contribution in [3.8, 4) is 5.75 Å². The number of anilines is 1. The number of carbonyl (C=O) groups is 1. The summed E-state index contributed by atoms with van der Waals surface area (Å²) in [5.74, 6) is -0.349. The number of furan rings is 1. The Morgan fingerprint density at radius 1 is 1.15 bits per heavy atom. The van der Waals surface area contributed by atoms with Crippen molar-refractivity contribution in [3.63, 3.8) is 0 Å². The van der Waals surface area contributed by atoms with Gasteiger partial charge in [-0.15, -0.1) is 0 Å². The molecule has 1 N–H and O–H groups in total. The molecule has 0 unspecified atom stereocenters. The van der Waals surface area contributed by atoms with Crippen LogP contribution in [0.3, 0.4) is 0 Å². The lowest BCUT2D eigenvalue weighted by Gasteiger charge is -2.07. The molecule has 0 atom stereocenters. The number of hydrogen-bond donors (Lipinski definition) is 1. The summed E-state index contributed by atoms with van der Waals surface area (Å²) in [5.41, 5.74) is 2.08. The molecule has 4 aromatic rings. The van der Waals surface area contributed by atoms with Crippen molar-refractivity contribution < 1.29 is 23.3 Å². The summed E-state index contributed by atoms with van der Waals surface area (Å²) in [6.45, 7) is 3.67. The standard InChI is InChI=1S/C24H21FN4O5/c1-15-23(16(2)28(27-15)13-17-7-3-4-8-19(17)25)26-24(30)22-12-11-18(34-22)14-33-21-10-6-5-9-20(21)29(31)32/h3-12H,13-14H2,1-2H3,(H,26,30). The van der Waals surface area contributed by atoms with Crippen LogP contribution < -0.4 is 10.1 Å². The molecule has 2 aromatic heterocycles. The highest BCUT2D eigenvalue weighted by atomic mass is 19.1. The normalized spacial score (nSPS) is 10.8. The molecule has 0 bridgehead atoms. The van der Waals surface area contributed by atoms with Gasteiger partial charge in [-0.25, -0.2) is 4.39 Å². The number of amides is 1. The number of carbonyl (C=O) groups excluding carboxylic acids is 1. The molecule has 0 fully saturated rings. The molecule has 0 radical (unpaired) electrons. The van der Waals surface area contributed by atoms with E-state index in [9.17, 15) is 19.3 Å². The number of rotatable bonds is 8. The molecule has 1 amide bonds. The lowest BCUT2D eigenvalue weighted by Crippen LogP contribution is -2.12. The topological polar surface area (TPSA) is 112 Å². The van der Waals surface area contributed by atoms with Crippen LogP contribution in [0, 0.1) is 29.8 Å². The van der Waals surface area contributed by atoms with Crippen molar-refractivity contribution in [3.05, 3.63) is 105 Å². The molecule has 34 heavy (non-hydrogen) atoms. The van der Waals surface area contributed by atoms with Gasteiger partial charge < -0.3 is 14.5 Å². The van der Waals surface area contributed by atoms with E-state index in [1.165, 1.54) is 24.3 Å². The van der Waals surface area contributed by atoms with Gasteiger partial charge in [0.2, 0.25) is 0 Å². The molecule has 2 aromatic carbocycles. The van der Waals surface area contributed by atoms with Gasteiger partial charge in [0.25, 0.3) is 5.91 Å². The molecule has 0 aliphatic carbocycles. The smallest absolute Gasteiger partial charge is 0.310 e. The van der Waals surface area contributed by atoms with E-state index in [-0.39, 0.29) is 36.2 Å². The number of halogens is 1. The number of para-hydroxylation sites is 2. The van der Waals surface area contributed by atoms with Crippen LogP contribution in [0.15, 0.2) is 65.1 Å². The minimum atomic E-state index is -0.534. The molecular weight excluding hydrogens is 443 g/mol. The molecule has 0 aliphatic rings. The Morgan fingerprint density at radius 2 is 1.88 bits per heavy atom. The summed E-state index contributed by atoms with van der Waals surface area (Å²) in [6, 6.07) is 15.5. The SMILES string of the molecule is Cc1nn(Cc2ccccc2F)c(C)c1NC(=O)c1ccc(COc2ccccc2[N+](=O)[O-])o1. The third-order valence-electron chi connectivity index (χ3n) is 5.22. The number of ether oxygens (including phenoxy) is 1. The van der Waals surface area contributed by atoms with E-state index in [0.29, 0.717) is 28.4 Å². The van der Waals surface area contributed by atoms with Gasteiger partial charge >= 0.3 is 5.69 Å². The average molecular weight is 464 g/mol. The molecule has 0 saturated carbocycles. The van der Waals surface area contributed by atoms with Gasteiger partial charge in [0.15, 0.2) is 11.5 Å². The molecule has 4 rings (SSSR count). The third kappa shape index (κ3) is 4.80. The van der Waals surface area contributed by atoms with Crippen LogP contribution >= 0.6 is 0 Å². The lowest BCUT2D eigenvalue weighted by molar-refractivity contribution is -0.386. The Kier molecular flexibility index (Phi) is 6.39. The zero-order valence-corrected chi connectivity index (χ0v) is 18.4. The predicted octanol–water partition coefficient (Wildman–Crippen LogP) is 5.02. The van der Waals surface area contributed by atoms with Crippen molar-refractivity contribution in [1.82, 2.24) is 9.78 Å². The fraction of sp³-hybridized carbons (Fsp3) is 0.167. The molecule has 174 valence electrons. The monoisotopic (exact) mass is 464 g/mol. The molecule has 0 aliphatic heterocycles. The highest BCUT2D eigenvalue weighted by Crippen LogP contribution is 2.27. The summed E-state index contributed by atoms with van der Waals surface area (Å²) in [5, 5.41) is 18.3. The number of aromatic nitrogens is 2. The first-order valence-corrected chi connectivity index (χ1v) is 10.4. The van der Waals surface area contributed by atoms with Gasteiger partial charge in [-0.05, 0) is 38.1 Å². The van der Waals surface area contributed by atoms with Crippen LogP contribution in [0.1, 0.15) is 33.3 Å². The van der Waals surface area contributed by atoms with Crippen LogP contribution in [0.5, 0.6) is 5.75 Å². The highest BCUT2D eigenvalue weighted by Gasteiger charge is 2.19. The molecule has 0 saturated heterocycles. The second-order valence-corrected chi connectivity index (χ2v) is 7.53. The number of nitrogens with one attached hydrogen (secondary N) is 1. The quantitative estimate of drug-likeness (QED) is 0.289. The van der Waals surface area contributed by atoms with Crippen molar-refractivity contribution in [2.45, 2.75) is 27.0 Å². The number of nitro benzene ring substituents is 1. The first kappa shape index (κ1) is 22.7. The zero-order chi connectivity index (χ0) is 24.2. The molecule has 10 heteroatoms. The van der Waals surface area contributed by atoms with E-state index in [1.807, 2.05) is 0 Å². The third-order valence-corrected chi connectivity index (χ3v) is 5.22. The maximum Gasteiger partial charge on any atom is 0.310 e. The largest absolute Gasteiger partial charge is 0.479 e. The second-order valence-electron chi connectivity index (χ2n) is 7.53. The maximum atomic E-state index is 14.0. The van der Waals surface area contributed by atoms with Crippen molar-refractivity contribution >= 4 is 17.3 Å². The van der Waals surface area contributed by atoms with E-state index >= 15 is 0 Å². The molecule has 9 nitrogen and oxygen atoms in total. The highest BCUT2D eigenvalue weighted by molar-refractivity contribution is 6.02. The number of aryl methyl sites for hydroxylation is 1. The summed E-state index contributed by atoms with van der Waals surface area (Å²) in [6.07, 6.45) is 0. The summed E-state index contributed by atoms with van der Waals surface area (Å²) in [4.78, 5) is 23.3. The van der Waals surface area contributed by atoms with Crippen molar-refractivity contribution in [2.75, 3.05) is 5.32 Å². The Morgan fingerprint density at radius 3 is 2.65 bits per heavy atom. The fourth-order valence-electron chi connectivity index (χ4n) is 3.45. The summed E-state index contributed by atoms with van der Waals surface area (Å²) >= 11 is 0. The zero-order valence-electron chi connectivity index (χ0n) is 18.4. The maximum absolute atomic E-state index is 14.0. The lowest BCUT2D eigenvalue weighted by atomic mass is 10.2. The second kappa shape index (κ2) is 9.57. The minimum Gasteiger partial charge on any atom is -0.479 e. The number of nitrogens with zero attached hydrogens (tertiary/aromatic N) is 3. The van der Waals surface area contributed by atoms with Gasteiger partial charge in [-0.1, -0.05) is 30.3 Å². The van der Waals surface area contributed by atoms with Gasteiger partial charge in [0.1, 0.15) is 18.2 Å². The van der Waals surface area contributed by atoms with Crippen LogP contribution in [-0.4, -0.2) is 20.6 Å². The van der Waals surface area contributed by atoms with Crippen LogP contribution in [0.4, 0.5) is 15.8 Å². The Balaban J connectivity index is 1.44. The number of benzene rings is 2. The molecule has 0 spiro atoms. The van der Waals surface area contributed by atoms with Gasteiger partial charge in [-0.2, -0.15) is 5.10 Å². The fourth-order valence-corrected chi connectivity index (χ4v) is 3.45. The summed E-state index contributed by atoms with van der Waals surface area (Å²) in [7, 11) is 0. The van der Waals surface area contributed by atoms with Gasteiger partial charge in [0, 0.05) is 11.6 Å². The minimum absolute atomic E-state index is 0.0433. The van der Waals surface area contributed by atoms with Crippen molar-refractivity contribution in [1.29, 1.82) is 0 Å². The first-order chi connectivity index (χ1) is 16.3. The summed E-state index contributed by atoms with van der Waals surface area (Å²) < 4.78 is 26.7. The van der Waals surface area contributed by atoms with E-state index in [4.69, 9.17) is 9.15 Å².